The summed E-state index contributed by atoms with van der Waals surface area (Å²) < 4.78 is 0. The van der Waals surface area contributed by atoms with Gasteiger partial charge in [0.1, 0.15) is 5.78 Å². The molecular formula is C22H42NNaO3. The van der Waals surface area contributed by atoms with E-state index >= 15 is 0 Å². The molecule has 4 nitrogen and oxygen atoms in total. The van der Waals surface area contributed by atoms with Crippen LogP contribution in [0.2, 0.25) is 0 Å². The van der Waals surface area contributed by atoms with Gasteiger partial charge in [0.15, 0.2) is 0 Å². The van der Waals surface area contributed by atoms with Crippen molar-refractivity contribution in [1.82, 2.24) is 5.32 Å². The number of hydrogen-bond donors (Lipinski definition) is 1. The van der Waals surface area contributed by atoms with E-state index in [0.29, 0.717) is 13.0 Å². The zero-order valence-corrected chi connectivity index (χ0v) is 20.2. The molecule has 0 aromatic heterocycles. The van der Waals surface area contributed by atoms with E-state index in [1.807, 2.05) is 0 Å². The molecule has 1 N–H and O–H groups in total. The van der Waals surface area contributed by atoms with Gasteiger partial charge in [-0.25, -0.2) is 0 Å². The van der Waals surface area contributed by atoms with Crippen molar-refractivity contribution in [1.29, 1.82) is 0 Å². The van der Waals surface area contributed by atoms with E-state index in [1.54, 1.807) is 0 Å². The molecule has 0 amide bonds. The predicted molar refractivity (Wildman–Crippen MR) is 107 cm³/mol. The summed E-state index contributed by atoms with van der Waals surface area (Å²) in [4.78, 5) is 21.8. The number of Topliss-reactive ketones (excluding diaryl/α,β-unsaturated/α-hetero) is 1. The van der Waals surface area contributed by atoms with Gasteiger partial charge >= 0.3 is 29.6 Å². The van der Waals surface area contributed by atoms with Crippen molar-refractivity contribution in [2.45, 2.75) is 116 Å². The summed E-state index contributed by atoms with van der Waals surface area (Å²) in [6, 6.07) is 0. The summed E-state index contributed by atoms with van der Waals surface area (Å²) in [5, 5.41) is 13.1. The Labute approximate surface area is 189 Å². The van der Waals surface area contributed by atoms with E-state index < -0.39 is 5.97 Å². The predicted octanol–water partition coefficient (Wildman–Crippen LogP) is 1.55. The third kappa shape index (κ3) is 26.1. The Kier molecular flexibility index (Phi) is 26.2. The van der Waals surface area contributed by atoms with E-state index in [0.717, 1.165) is 12.8 Å². The molecule has 0 aromatic carbocycles. The second-order valence-corrected chi connectivity index (χ2v) is 7.54. The van der Waals surface area contributed by atoms with Crippen LogP contribution in [0.3, 0.4) is 0 Å². The van der Waals surface area contributed by atoms with Crippen molar-refractivity contribution in [2.24, 2.45) is 0 Å². The molecule has 0 spiro atoms. The first-order valence-corrected chi connectivity index (χ1v) is 11.1. The van der Waals surface area contributed by atoms with Crippen molar-refractivity contribution >= 4 is 11.8 Å². The summed E-state index contributed by atoms with van der Waals surface area (Å²) in [7, 11) is 0. The fraction of sp³-hybridized carbons (Fsp3) is 0.909. The molecule has 0 heterocycles. The average molecular weight is 392 g/mol. The van der Waals surface area contributed by atoms with Gasteiger partial charge in [-0.1, -0.05) is 96.8 Å². The number of rotatable bonds is 21. The summed E-state index contributed by atoms with van der Waals surface area (Å²) in [5.74, 6) is -0.898. The van der Waals surface area contributed by atoms with Crippen LogP contribution in [0, 0.1) is 0 Å². The van der Waals surface area contributed by atoms with E-state index in [-0.39, 0.29) is 48.3 Å². The molecule has 0 saturated heterocycles. The number of carbonyl (C=O) groups is 2. The van der Waals surface area contributed by atoms with E-state index in [9.17, 15) is 14.7 Å². The van der Waals surface area contributed by atoms with Gasteiger partial charge in [0, 0.05) is 18.9 Å². The van der Waals surface area contributed by atoms with Crippen molar-refractivity contribution < 1.29 is 44.3 Å². The van der Waals surface area contributed by atoms with Crippen LogP contribution in [-0.4, -0.2) is 24.8 Å². The monoisotopic (exact) mass is 391 g/mol. The number of carboxylic acid groups (broad SMARTS) is 1. The molecule has 0 aliphatic rings. The van der Waals surface area contributed by atoms with Crippen LogP contribution in [0.4, 0.5) is 0 Å². The number of unbranched alkanes of at least 4 members (excludes halogenated alkanes) is 14. The molecule has 0 unspecified atom stereocenters. The van der Waals surface area contributed by atoms with Crippen LogP contribution in [-0.2, 0) is 9.59 Å². The maximum Gasteiger partial charge on any atom is 1.00 e. The van der Waals surface area contributed by atoms with E-state index in [2.05, 4.69) is 12.2 Å². The normalized spacial score (nSPS) is 10.6. The molecule has 0 atom stereocenters. The number of ketones is 1. The van der Waals surface area contributed by atoms with Gasteiger partial charge in [-0.15, -0.1) is 0 Å². The number of aliphatic carboxylic acids is 1. The van der Waals surface area contributed by atoms with Crippen molar-refractivity contribution in [2.75, 3.05) is 13.1 Å². The van der Waals surface area contributed by atoms with Crippen molar-refractivity contribution in [3.63, 3.8) is 0 Å². The van der Waals surface area contributed by atoms with Crippen LogP contribution in [0.15, 0.2) is 0 Å². The third-order valence-corrected chi connectivity index (χ3v) is 4.89. The molecule has 0 bridgehead atoms. The molecule has 0 fully saturated rings. The fourth-order valence-corrected chi connectivity index (χ4v) is 3.20. The minimum Gasteiger partial charge on any atom is -0.550 e. The molecule has 5 heteroatoms. The maximum atomic E-state index is 11.6. The maximum absolute atomic E-state index is 11.6. The Balaban J connectivity index is 0. The summed E-state index contributed by atoms with van der Waals surface area (Å²) in [6.45, 7) is 2.86. The molecule has 27 heavy (non-hydrogen) atoms. The minimum absolute atomic E-state index is 0. The van der Waals surface area contributed by atoms with Gasteiger partial charge in [0.05, 0.1) is 6.54 Å². The van der Waals surface area contributed by atoms with Gasteiger partial charge < -0.3 is 15.2 Å². The SMILES string of the molecule is CCCCCCCCCCCCCCCCCC(=O)CNCCC(=O)[O-].[Na+]. The van der Waals surface area contributed by atoms with Gasteiger partial charge in [0.2, 0.25) is 0 Å². The summed E-state index contributed by atoms with van der Waals surface area (Å²) >= 11 is 0. The van der Waals surface area contributed by atoms with Crippen LogP contribution < -0.4 is 40.0 Å². The van der Waals surface area contributed by atoms with E-state index in [4.69, 9.17) is 0 Å². The Hall–Kier alpha value is 0.100. The quantitative estimate of drug-likeness (QED) is 0.238. The average Bonchev–Trinajstić information content (AvgIpc) is 2.62. The first-order chi connectivity index (χ1) is 12.7. The zero-order chi connectivity index (χ0) is 19.3. The van der Waals surface area contributed by atoms with Crippen molar-refractivity contribution in [3.05, 3.63) is 0 Å². The minimum atomic E-state index is -1.08. The van der Waals surface area contributed by atoms with Crippen molar-refractivity contribution in [3.8, 4) is 0 Å². The molecule has 0 rings (SSSR count). The van der Waals surface area contributed by atoms with Crippen LogP contribution in [0.5, 0.6) is 0 Å². The molecular weight excluding hydrogens is 349 g/mol. The number of hydrogen-bond acceptors (Lipinski definition) is 4. The first-order valence-electron chi connectivity index (χ1n) is 11.1. The molecule has 0 aliphatic carbocycles. The first kappa shape index (κ1) is 29.3. The van der Waals surface area contributed by atoms with Crippen LogP contribution >= 0.6 is 0 Å². The fourth-order valence-electron chi connectivity index (χ4n) is 3.20. The number of carbonyl (C=O) groups excluding carboxylic acids is 2. The van der Waals surface area contributed by atoms with Gasteiger partial charge in [-0.2, -0.15) is 0 Å². The second-order valence-electron chi connectivity index (χ2n) is 7.54. The Bertz CT molecular complexity index is 338. The summed E-state index contributed by atoms with van der Waals surface area (Å²) in [5.41, 5.74) is 0. The van der Waals surface area contributed by atoms with Crippen LogP contribution in [0.25, 0.3) is 0 Å². The van der Waals surface area contributed by atoms with Gasteiger partial charge in [-0.3, -0.25) is 4.79 Å². The smallest absolute Gasteiger partial charge is 0.550 e. The van der Waals surface area contributed by atoms with Gasteiger partial charge in [0.25, 0.3) is 0 Å². The summed E-state index contributed by atoms with van der Waals surface area (Å²) in [6.07, 6.45) is 20.5. The largest absolute Gasteiger partial charge is 1.00 e. The van der Waals surface area contributed by atoms with E-state index in [1.165, 1.54) is 83.5 Å². The molecule has 154 valence electrons. The number of nitrogens with one attached hydrogen (secondary N) is 1. The standard InChI is InChI=1S/C22H43NO3.Na/c1-2-3-4-5-6-7-8-9-10-11-12-13-14-15-16-17-21(24)20-23-19-18-22(25)26;/h23H,2-20H2,1H3,(H,25,26);/q;+1/p-1. The number of carboxylic acids is 1. The topological polar surface area (TPSA) is 69.2 Å². The molecule has 0 radical (unpaired) electrons. The van der Waals surface area contributed by atoms with Crippen LogP contribution in [0.1, 0.15) is 116 Å². The van der Waals surface area contributed by atoms with Gasteiger partial charge in [-0.05, 0) is 12.8 Å². The molecule has 0 aliphatic heterocycles. The molecule has 0 saturated carbocycles. The Morgan fingerprint density at radius 1 is 0.667 bits per heavy atom. The zero-order valence-electron chi connectivity index (χ0n) is 18.2. The molecule has 0 aromatic rings. The second kappa shape index (κ2) is 24.1. The Morgan fingerprint density at radius 2 is 1.07 bits per heavy atom. The third-order valence-electron chi connectivity index (χ3n) is 4.89. The Morgan fingerprint density at radius 3 is 1.48 bits per heavy atom.